The molecule has 0 aliphatic carbocycles. The van der Waals surface area contributed by atoms with Crippen LogP contribution in [0.25, 0.3) is 5.69 Å². The highest BCUT2D eigenvalue weighted by atomic mass is 79.9. The largest absolute Gasteiger partial charge is 0.346 e. The van der Waals surface area contributed by atoms with Crippen LogP contribution >= 0.6 is 27.7 Å². The second kappa shape index (κ2) is 9.90. The zero-order chi connectivity index (χ0) is 21.7. The molecule has 0 bridgehead atoms. The second-order valence-electron chi connectivity index (χ2n) is 6.82. The van der Waals surface area contributed by atoms with Gasteiger partial charge in [0.15, 0.2) is 5.16 Å². The molecule has 1 aromatic heterocycles. The number of halogens is 1. The third-order valence-electron chi connectivity index (χ3n) is 4.53. The van der Waals surface area contributed by atoms with Crippen molar-refractivity contribution < 1.29 is 9.59 Å². The van der Waals surface area contributed by atoms with Gasteiger partial charge in [0.25, 0.3) is 0 Å². The molecular weight excluding hydrogens is 466 g/mol. The average Bonchev–Trinajstić information content (AvgIpc) is 3.17. The van der Waals surface area contributed by atoms with Crippen LogP contribution in [0, 0.1) is 20.8 Å². The predicted molar refractivity (Wildman–Crippen MR) is 122 cm³/mol. The first-order chi connectivity index (χ1) is 14.3. The number of hydrogen-bond acceptors (Lipinski definition) is 5. The molecule has 156 valence electrons. The quantitative estimate of drug-likeness (QED) is 0.494. The van der Waals surface area contributed by atoms with E-state index in [1.165, 1.54) is 22.9 Å². The highest BCUT2D eigenvalue weighted by molar-refractivity contribution is 9.10. The number of carbonyl (C=O) groups excluding carboxylic acids is 2. The van der Waals surface area contributed by atoms with Crippen molar-refractivity contribution in [1.29, 1.82) is 0 Å². The third-order valence-corrected chi connectivity index (χ3v) is 5.96. The minimum absolute atomic E-state index is 0.0985. The van der Waals surface area contributed by atoms with Gasteiger partial charge in [-0.15, -0.1) is 10.2 Å². The molecule has 0 spiro atoms. The van der Waals surface area contributed by atoms with Crippen LogP contribution in [0.1, 0.15) is 16.7 Å². The molecule has 0 saturated heterocycles. The molecule has 0 fully saturated rings. The topological polar surface area (TPSA) is 88.9 Å². The minimum atomic E-state index is -0.280. The van der Waals surface area contributed by atoms with E-state index in [4.69, 9.17) is 0 Å². The maximum atomic E-state index is 12.2. The average molecular weight is 488 g/mol. The van der Waals surface area contributed by atoms with Gasteiger partial charge in [-0.1, -0.05) is 33.8 Å². The molecule has 9 heteroatoms. The molecule has 2 aromatic carbocycles. The van der Waals surface area contributed by atoms with Crippen molar-refractivity contribution in [2.24, 2.45) is 0 Å². The fourth-order valence-corrected chi connectivity index (χ4v) is 3.93. The number of rotatable bonds is 7. The summed E-state index contributed by atoms with van der Waals surface area (Å²) in [5.74, 6) is -0.400. The lowest BCUT2D eigenvalue weighted by atomic mass is 10.1. The highest BCUT2D eigenvalue weighted by Crippen LogP contribution is 2.21. The zero-order valence-electron chi connectivity index (χ0n) is 16.9. The van der Waals surface area contributed by atoms with Crippen molar-refractivity contribution in [3.8, 4) is 5.69 Å². The third kappa shape index (κ3) is 5.70. The van der Waals surface area contributed by atoms with Crippen LogP contribution in [0.15, 0.2) is 52.4 Å². The smallest absolute Gasteiger partial charge is 0.243 e. The Hall–Kier alpha value is -2.65. The lowest BCUT2D eigenvalue weighted by molar-refractivity contribution is -0.122. The van der Waals surface area contributed by atoms with E-state index in [0.717, 1.165) is 15.7 Å². The lowest BCUT2D eigenvalue weighted by Gasteiger charge is -2.10. The van der Waals surface area contributed by atoms with Crippen LogP contribution in [-0.2, 0) is 9.59 Å². The van der Waals surface area contributed by atoms with E-state index in [0.29, 0.717) is 10.8 Å². The number of nitrogens with one attached hydrogen (secondary N) is 2. The van der Waals surface area contributed by atoms with Crippen molar-refractivity contribution in [1.82, 2.24) is 20.1 Å². The van der Waals surface area contributed by atoms with E-state index in [9.17, 15) is 9.59 Å². The van der Waals surface area contributed by atoms with E-state index in [2.05, 4.69) is 49.8 Å². The summed E-state index contributed by atoms with van der Waals surface area (Å²) in [6.07, 6.45) is 1.62. The summed E-state index contributed by atoms with van der Waals surface area (Å²) in [6.45, 7) is 5.91. The molecule has 1 heterocycles. The molecule has 7 nitrogen and oxygen atoms in total. The van der Waals surface area contributed by atoms with Crippen LogP contribution < -0.4 is 10.6 Å². The number of aromatic nitrogens is 3. The standard InChI is InChI=1S/C21H22BrN5O2S/c1-13-4-6-17(9-14(13)2)27-12-24-26-21(27)30-11-20(29)23-10-19(28)25-18-7-5-16(22)8-15(18)3/h4-9,12H,10-11H2,1-3H3,(H,23,29)(H,25,28). The Morgan fingerprint density at radius 1 is 1.03 bits per heavy atom. The Morgan fingerprint density at radius 3 is 2.57 bits per heavy atom. The first-order valence-electron chi connectivity index (χ1n) is 9.26. The van der Waals surface area contributed by atoms with Gasteiger partial charge in [0.05, 0.1) is 12.3 Å². The normalized spacial score (nSPS) is 10.7. The summed E-state index contributed by atoms with van der Waals surface area (Å²) in [7, 11) is 0. The Morgan fingerprint density at radius 2 is 1.83 bits per heavy atom. The van der Waals surface area contributed by atoms with Gasteiger partial charge >= 0.3 is 0 Å². The Balaban J connectivity index is 1.51. The number of hydrogen-bond donors (Lipinski definition) is 2. The van der Waals surface area contributed by atoms with Crippen molar-refractivity contribution in [3.63, 3.8) is 0 Å². The van der Waals surface area contributed by atoms with Gasteiger partial charge in [-0.2, -0.15) is 0 Å². The lowest BCUT2D eigenvalue weighted by Crippen LogP contribution is -2.34. The van der Waals surface area contributed by atoms with Crippen LogP contribution in [-0.4, -0.2) is 38.9 Å². The second-order valence-corrected chi connectivity index (χ2v) is 8.68. The Labute approximate surface area is 187 Å². The van der Waals surface area contributed by atoms with Crippen LogP contribution in [0.4, 0.5) is 5.69 Å². The van der Waals surface area contributed by atoms with Gasteiger partial charge in [-0.25, -0.2) is 0 Å². The van der Waals surface area contributed by atoms with Gasteiger partial charge in [0.1, 0.15) is 6.33 Å². The van der Waals surface area contributed by atoms with Crippen molar-refractivity contribution >= 4 is 45.2 Å². The highest BCUT2D eigenvalue weighted by Gasteiger charge is 2.12. The number of amides is 2. The molecule has 2 N–H and O–H groups in total. The molecule has 3 aromatic rings. The van der Waals surface area contributed by atoms with Gasteiger partial charge in [0.2, 0.25) is 11.8 Å². The van der Waals surface area contributed by atoms with E-state index < -0.39 is 0 Å². The monoisotopic (exact) mass is 487 g/mol. The fourth-order valence-electron chi connectivity index (χ4n) is 2.70. The Bertz CT molecular complexity index is 1080. The van der Waals surface area contributed by atoms with Gasteiger partial charge in [-0.3, -0.25) is 14.2 Å². The summed E-state index contributed by atoms with van der Waals surface area (Å²) in [4.78, 5) is 24.3. The molecule has 0 aliphatic rings. The maximum Gasteiger partial charge on any atom is 0.243 e. The molecule has 3 rings (SSSR count). The SMILES string of the molecule is Cc1ccc(-n2cnnc2SCC(=O)NCC(=O)Nc2ccc(Br)cc2C)cc1C. The first-order valence-corrected chi connectivity index (χ1v) is 11.0. The zero-order valence-corrected chi connectivity index (χ0v) is 19.3. The van der Waals surface area contributed by atoms with Crippen molar-refractivity contribution in [2.45, 2.75) is 25.9 Å². The van der Waals surface area contributed by atoms with Gasteiger partial charge in [-0.05, 0) is 67.8 Å². The van der Waals surface area contributed by atoms with Gasteiger partial charge < -0.3 is 10.6 Å². The maximum absolute atomic E-state index is 12.2. The summed E-state index contributed by atoms with van der Waals surface area (Å²) in [6, 6.07) is 11.7. The summed E-state index contributed by atoms with van der Waals surface area (Å²) >= 11 is 4.66. The van der Waals surface area contributed by atoms with Crippen molar-refractivity contribution in [2.75, 3.05) is 17.6 Å². The number of nitrogens with zero attached hydrogens (tertiary/aromatic N) is 3. The molecule has 2 amide bonds. The fraction of sp³-hybridized carbons (Fsp3) is 0.238. The number of benzene rings is 2. The predicted octanol–water partition coefficient (Wildman–Crippen LogP) is 3.80. The van der Waals surface area contributed by atoms with E-state index in [1.54, 1.807) is 6.33 Å². The number of thioether (sulfide) groups is 1. The number of aryl methyl sites for hydroxylation is 3. The summed E-state index contributed by atoms with van der Waals surface area (Å²) in [5.41, 5.74) is 4.97. The van der Waals surface area contributed by atoms with E-state index in [-0.39, 0.29) is 24.1 Å². The summed E-state index contributed by atoms with van der Waals surface area (Å²) in [5, 5.41) is 14.1. The minimum Gasteiger partial charge on any atom is -0.346 e. The van der Waals surface area contributed by atoms with Gasteiger partial charge in [0, 0.05) is 15.8 Å². The molecular formula is C21H22BrN5O2S. The first kappa shape index (κ1) is 22.0. The van der Waals surface area contributed by atoms with E-state index in [1.807, 2.05) is 48.7 Å². The van der Waals surface area contributed by atoms with Crippen LogP contribution in [0.2, 0.25) is 0 Å². The number of carbonyl (C=O) groups is 2. The Kier molecular flexibility index (Phi) is 7.28. The number of anilines is 1. The van der Waals surface area contributed by atoms with Crippen LogP contribution in [0.3, 0.4) is 0 Å². The molecule has 0 radical (unpaired) electrons. The van der Waals surface area contributed by atoms with Crippen LogP contribution in [0.5, 0.6) is 0 Å². The molecule has 30 heavy (non-hydrogen) atoms. The molecule has 0 atom stereocenters. The van der Waals surface area contributed by atoms with E-state index >= 15 is 0 Å². The molecule has 0 aliphatic heterocycles. The summed E-state index contributed by atoms with van der Waals surface area (Å²) < 4.78 is 2.78. The molecule has 0 saturated carbocycles. The van der Waals surface area contributed by atoms with Crippen molar-refractivity contribution in [3.05, 3.63) is 63.9 Å². The molecule has 0 unspecified atom stereocenters.